The van der Waals surface area contributed by atoms with E-state index >= 15 is 0 Å². The maximum atomic E-state index is 12.8. The Morgan fingerprint density at radius 1 is 0.966 bits per heavy atom. The van der Waals surface area contributed by atoms with Gasteiger partial charge in [-0.3, -0.25) is 4.79 Å². The van der Waals surface area contributed by atoms with E-state index in [0.717, 1.165) is 12.8 Å². The van der Waals surface area contributed by atoms with Gasteiger partial charge in [-0.25, -0.2) is 13.2 Å². The first kappa shape index (κ1) is 21.6. The first-order valence-corrected chi connectivity index (χ1v) is 11.6. The number of amides is 2. The van der Waals surface area contributed by atoms with Gasteiger partial charge in [-0.1, -0.05) is 6.92 Å². The van der Waals surface area contributed by atoms with Crippen molar-refractivity contribution in [1.82, 2.24) is 14.1 Å². The predicted molar refractivity (Wildman–Crippen MR) is 108 cm³/mol. The second-order valence-corrected chi connectivity index (χ2v) is 9.53. The van der Waals surface area contributed by atoms with E-state index in [1.54, 1.807) is 28.9 Å². The number of carbonyl (C=O) groups is 2. The Balaban J connectivity index is 1.61. The quantitative estimate of drug-likeness (QED) is 0.739. The van der Waals surface area contributed by atoms with Gasteiger partial charge in [-0.2, -0.15) is 4.31 Å². The molecule has 2 saturated heterocycles. The monoisotopic (exact) mass is 423 g/mol. The van der Waals surface area contributed by atoms with Crippen molar-refractivity contribution in [2.45, 2.75) is 31.6 Å². The zero-order valence-corrected chi connectivity index (χ0v) is 17.9. The number of benzene rings is 1. The van der Waals surface area contributed by atoms with Crippen molar-refractivity contribution in [3.8, 4) is 0 Å². The Labute approximate surface area is 172 Å². The van der Waals surface area contributed by atoms with Crippen LogP contribution in [-0.2, 0) is 14.8 Å². The largest absolute Gasteiger partial charge is 0.450 e. The molecule has 0 bridgehead atoms. The molecule has 3 rings (SSSR count). The highest BCUT2D eigenvalue weighted by Gasteiger charge is 2.29. The van der Waals surface area contributed by atoms with Crippen LogP contribution in [0.2, 0.25) is 0 Å². The SMILES string of the molecule is CCOC(=O)N1CCN(C(=O)c2ccc(S(=O)(=O)N3CCC(C)CC3)cc2)CC1. The molecule has 0 spiro atoms. The van der Waals surface area contributed by atoms with Crippen LogP contribution in [-0.4, -0.2) is 80.4 Å². The number of piperazine rings is 1. The lowest BCUT2D eigenvalue weighted by Crippen LogP contribution is -2.50. The van der Waals surface area contributed by atoms with E-state index in [4.69, 9.17) is 4.74 Å². The second kappa shape index (κ2) is 9.13. The molecule has 2 heterocycles. The number of hydrogen-bond acceptors (Lipinski definition) is 5. The van der Waals surface area contributed by atoms with Crippen LogP contribution in [0.5, 0.6) is 0 Å². The van der Waals surface area contributed by atoms with Crippen LogP contribution in [0.4, 0.5) is 4.79 Å². The van der Waals surface area contributed by atoms with Crippen LogP contribution in [0.15, 0.2) is 29.2 Å². The van der Waals surface area contributed by atoms with Crippen LogP contribution < -0.4 is 0 Å². The minimum atomic E-state index is -3.52. The minimum absolute atomic E-state index is 0.163. The average Bonchev–Trinajstić information content (AvgIpc) is 2.74. The summed E-state index contributed by atoms with van der Waals surface area (Å²) in [4.78, 5) is 28.0. The van der Waals surface area contributed by atoms with Crippen molar-refractivity contribution >= 4 is 22.0 Å². The first-order valence-electron chi connectivity index (χ1n) is 10.1. The molecule has 1 aromatic carbocycles. The number of nitrogens with zero attached hydrogens (tertiary/aromatic N) is 3. The molecular formula is C20H29N3O5S. The summed E-state index contributed by atoms with van der Waals surface area (Å²) in [5, 5.41) is 0. The highest BCUT2D eigenvalue weighted by molar-refractivity contribution is 7.89. The molecule has 2 amide bonds. The van der Waals surface area contributed by atoms with Gasteiger partial charge in [0.1, 0.15) is 0 Å². The molecule has 9 heteroatoms. The Morgan fingerprint density at radius 3 is 2.07 bits per heavy atom. The highest BCUT2D eigenvalue weighted by atomic mass is 32.2. The molecule has 0 atom stereocenters. The maximum Gasteiger partial charge on any atom is 0.409 e. The second-order valence-electron chi connectivity index (χ2n) is 7.59. The number of carbonyl (C=O) groups excluding carboxylic acids is 2. The summed E-state index contributed by atoms with van der Waals surface area (Å²) < 4.78 is 32.1. The van der Waals surface area contributed by atoms with Gasteiger partial charge in [0, 0.05) is 44.8 Å². The molecule has 0 aromatic heterocycles. The maximum absolute atomic E-state index is 12.8. The Bertz CT molecular complexity index is 824. The zero-order chi connectivity index (χ0) is 21.0. The molecule has 0 radical (unpaired) electrons. The Kier molecular flexibility index (Phi) is 6.79. The summed E-state index contributed by atoms with van der Waals surface area (Å²) >= 11 is 0. The van der Waals surface area contributed by atoms with Crippen molar-refractivity contribution in [2.24, 2.45) is 5.92 Å². The third-order valence-electron chi connectivity index (χ3n) is 5.57. The number of hydrogen-bond donors (Lipinski definition) is 0. The van der Waals surface area contributed by atoms with Crippen molar-refractivity contribution in [3.63, 3.8) is 0 Å². The van der Waals surface area contributed by atoms with Crippen LogP contribution >= 0.6 is 0 Å². The molecule has 8 nitrogen and oxygen atoms in total. The van der Waals surface area contributed by atoms with Gasteiger partial charge in [-0.05, 0) is 49.9 Å². The van der Waals surface area contributed by atoms with Gasteiger partial charge in [-0.15, -0.1) is 0 Å². The van der Waals surface area contributed by atoms with Gasteiger partial charge in [0.25, 0.3) is 5.91 Å². The van der Waals surface area contributed by atoms with E-state index in [2.05, 4.69) is 6.92 Å². The number of piperidine rings is 1. The predicted octanol–water partition coefficient (Wildman–Crippen LogP) is 2.02. The molecular weight excluding hydrogens is 394 g/mol. The van der Waals surface area contributed by atoms with Gasteiger partial charge < -0.3 is 14.5 Å². The molecule has 0 aliphatic carbocycles. The van der Waals surface area contributed by atoms with E-state index in [9.17, 15) is 18.0 Å². The lowest BCUT2D eigenvalue weighted by Gasteiger charge is -2.34. The van der Waals surface area contributed by atoms with E-state index in [1.165, 1.54) is 16.4 Å². The lowest BCUT2D eigenvalue weighted by molar-refractivity contribution is 0.0570. The highest BCUT2D eigenvalue weighted by Crippen LogP contribution is 2.24. The van der Waals surface area contributed by atoms with Crippen molar-refractivity contribution in [2.75, 3.05) is 45.9 Å². The van der Waals surface area contributed by atoms with Gasteiger partial charge in [0.2, 0.25) is 10.0 Å². The summed E-state index contributed by atoms with van der Waals surface area (Å²) in [5.74, 6) is 0.384. The van der Waals surface area contributed by atoms with E-state index in [-0.39, 0.29) is 16.9 Å². The summed E-state index contributed by atoms with van der Waals surface area (Å²) in [6.45, 7) is 6.97. The Morgan fingerprint density at radius 2 is 1.52 bits per heavy atom. The van der Waals surface area contributed by atoms with Gasteiger partial charge in [0.05, 0.1) is 11.5 Å². The van der Waals surface area contributed by atoms with E-state index in [0.29, 0.717) is 57.4 Å². The summed E-state index contributed by atoms with van der Waals surface area (Å²) in [6.07, 6.45) is 1.38. The third-order valence-corrected chi connectivity index (χ3v) is 7.49. The van der Waals surface area contributed by atoms with Crippen LogP contribution in [0.1, 0.15) is 37.0 Å². The van der Waals surface area contributed by atoms with Gasteiger partial charge >= 0.3 is 6.09 Å². The normalized spacial score (nSPS) is 19.2. The fraction of sp³-hybridized carbons (Fsp3) is 0.600. The fourth-order valence-electron chi connectivity index (χ4n) is 3.63. The number of ether oxygens (including phenoxy) is 1. The topological polar surface area (TPSA) is 87.2 Å². The van der Waals surface area contributed by atoms with Crippen molar-refractivity contribution in [1.29, 1.82) is 0 Å². The number of rotatable bonds is 4. The minimum Gasteiger partial charge on any atom is -0.450 e. The smallest absolute Gasteiger partial charge is 0.409 e. The molecule has 0 N–H and O–H groups in total. The molecule has 0 unspecified atom stereocenters. The number of sulfonamides is 1. The summed E-state index contributed by atoms with van der Waals surface area (Å²) in [7, 11) is -3.52. The third kappa shape index (κ3) is 4.90. The van der Waals surface area contributed by atoms with E-state index in [1.807, 2.05) is 0 Å². The van der Waals surface area contributed by atoms with Crippen LogP contribution in [0, 0.1) is 5.92 Å². The van der Waals surface area contributed by atoms with E-state index < -0.39 is 10.0 Å². The molecule has 29 heavy (non-hydrogen) atoms. The van der Waals surface area contributed by atoms with Crippen LogP contribution in [0.25, 0.3) is 0 Å². The fourth-order valence-corrected chi connectivity index (χ4v) is 5.10. The summed E-state index contributed by atoms with van der Waals surface area (Å²) in [5.41, 5.74) is 0.445. The molecule has 0 saturated carbocycles. The zero-order valence-electron chi connectivity index (χ0n) is 17.0. The molecule has 2 aliphatic heterocycles. The Hall–Kier alpha value is -2.13. The molecule has 2 fully saturated rings. The van der Waals surface area contributed by atoms with Crippen LogP contribution in [0.3, 0.4) is 0 Å². The van der Waals surface area contributed by atoms with Crippen molar-refractivity contribution < 1.29 is 22.7 Å². The summed E-state index contributed by atoms with van der Waals surface area (Å²) in [6, 6.07) is 6.16. The lowest BCUT2D eigenvalue weighted by atomic mass is 10.0. The molecule has 1 aromatic rings. The molecule has 160 valence electrons. The van der Waals surface area contributed by atoms with Crippen molar-refractivity contribution in [3.05, 3.63) is 29.8 Å². The first-order chi connectivity index (χ1) is 13.8. The van der Waals surface area contributed by atoms with Gasteiger partial charge in [0.15, 0.2) is 0 Å². The molecule has 2 aliphatic rings. The standard InChI is InChI=1S/C20H29N3O5S/c1-3-28-20(25)22-14-12-21(13-15-22)19(24)17-4-6-18(7-5-17)29(26,27)23-10-8-16(2)9-11-23/h4-7,16H,3,8-15H2,1-2H3. The average molecular weight is 424 g/mol.